The van der Waals surface area contributed by atoms with Gasteiger partial charge in [-0.15, -0.1) is 0 Å². The van der Waals surface area contributed by atoms with Crippen molar-refractivity contribution in [3.63, 3.8) is 0 Å². The molecule has 2 saturated heterocycles. The van der Waals surface area contributed by atoms with Crippen molar-refractivity contribution in [2.75, 3.05) is 13.2 Å². The van der Waals surface area contributed by atoms with Gasteiger partial charge in [-0.2, -0.15) is 5.10 Å². The molecule has 1 aromatic heterocycles. The Morgan fingerprint density at radius 2 is 1.79 bits per heavy atom. The van der Waals surface area contributed by atoms with Gasteiger partial charge in [0.15, 0.2) is 5.75 Å². The van der Waals surface area contributed by atoms with E-state index in [0.29, 0.717) is 23.6 Å². The zero-order valence-corrected chi connectivity index (χ0v) is 29.6. The van der Waals surface area contributed by atoms with E-state index in [9.17, 15) is 19.8 Å². The number of benzene rings is 1. The van der Waals surface area contributed by atoms with Crippen molar-refractivity contribution in [2.45, 2.75) is 105 Å². The maximum Gasteiger partial charge on any atom is 0.311 e. The van der Waals surface area contributed by atoms with Crippen LogP contribution in [0, 0.1) is 29.6 Å². The largest absolute Gasteiger partial charge is 0.459 e. The van der Waals surface area contributed by atoms with Crippen molar-refractivity contribution in [1.82, 2.24) is 9.78 Å². The van der Waals surface area contributed by atoms with Gasteiger partial charge in [-0.25, -0.2) is 9.67 Å². The first-order valence-electron chi connectivity index (χ1n) is 16.9. The van der Waals surface area contributed by atoms with Gasteiger partial charge in [-0.05, 0) is 81.7 Å². The molecule has 1 aromatic carbocycles. The Bertz CT molecular complexity index is 1460. The predicted molar refractivity (Wildman–Crippen MR) is 181 cm³/mol. The molecular weight excluding hydrogens is 616 g/mol. The van der Waals surface area contributed by atoms with Gasteiger partial charge in [0.25, 0.3) is 0 Å². The van der Waals surface area contributed by atoms with E-state index in [0.717, 1.165) is 5.69 Å². The number of cyclic esters (lactones) is 1. The van der Waals surface area contributed by atoms with Gasteiger partial charge in [0.1, 0.15) is 17.4 Å². The highest BCUT2D eigenvalue weighted by molar-refractivity contribution is 5.98. The number of ether oxygens (including phenoxy) is 3. The van der Waals surface area contributed by atoms with Gasteiger partial charge in [0, 0.05) is 30.9 Å². The lowest BCUT2D eigenvalue weighted by Crippen LogP contribution is -2.57. The normalized spacial score (nSPS) is 37.3. The molecule has 10 atom stereocenters. The SMILES string of the molecule is CC[C@H]1OC(=O)C(C)[C@@H](O)[C@H](C)[C@@H](C)[C@@]2(C)C[C@@H](C)/C(=N\C(C)=O)C(C)C(OC/C(=N\Oc3ccc(-n4cccn4)cc3)CO2)[C@]1(C)O. The highest BCUT2D eigenvalue weighted by Gasteiger charge is 2.50. The van der Waals surface area contributed by atoms with Crippen LogP contribution in [0.2, 0.25) is 0 Å². The molecule has 1 amide bonds. The summed E-state index contributed by atoms with van der Waals surface area (Å²) in [4.78, 5) is 36.3. The Kier molecular flexibility index (Phi) is 12.0. The fourth-order valence-corrected chi connectivity index (χ4v) is 7.13. The van der Waals surface area contributed by atoms with E-state index in [1.165, 1.54) is 6.92 Å². The first-order valence-corrected chi connectivity index (χ1v) is 16.9. The number of aliphatic imine (C=N–C) groups is 1. The molecule has 3 unspecified atom stereocenters. The molecule has 3 heterocycles. The van der Waals surface area contributed by atoms with E-state index in [4.69, 9.17) is 19.0 Å². The number of oxime groups is 1. The minimum absolute atomic E-state index is 0.0202. The molecule has 2 bridgehead atoms. The molecule has 12 nitrogen and oxygen atoms in total. The maximum atomic E-state index is 13.4. The summed E-state index contributed by atoms with van der Waals surface area (Å²) in [7, 11) is 0. The van der Waals surface area contributed by atoms with Gasteiger partial charge in [-0.3, -0.25) is 9.59 Å². The molecule has 0 aliphatic carbocycles. The number of aliphatic hydroxyl groups excluding tert-OH is 1. The monoisotopic (exact) mass is 668 g/mol. The molecule has 2 N–H and O–H groups in total. The molecule has 2 aliphatic heterocycles. The maximum absolute atomic E-state index is 13.4. The van der Waals surface area contributed by atoms with E-state index >= 15 is 0 Å². The smallest absolute Gasteiger partial charge is 0.311 e. The number of carbonyl (C=O) groups is 2. The minimum atomic E-state index is -1.73. The predicted octanol–water partition coefficient (Wildman–Crippen LogP) is 4.79. The second-order valence-corrected chi connectivity index (χ2v) is 14.0. The van der Waals surface area contributed by atoms with Crippen LogP contribution in [0.3, 0.4) is 0 Å². The molecule has 0 spiro atoms. The van der Waals surface area contributed by atoms with Crippen molar-refractivity contribution in [3.05, 3.63) is 42.7 Å². The second-order valence-electron chi connectivity index (χ2n) is 14.0. The lowest BCUT2D eigenvalue weighted by Gasteiger charge is -2.45. The van der Waals surface area contributed by atoms with E-state index in [-0.39, 0.29) is 37.4 Å². The summed E-state index contributed by atoms with van der Waals surface area (Å²) >= 11 is 0. The van der Waals surface area contributed by atoms with E-state index in [1.807, 2.05) is 65.9 Å². The fraction of sp³-hybridized carbons (Fsp3) is 0.639. The van der Waals surface area contributed by atoms with Gasteiger partial charge in [-0.1, -0.05) is 39.8 Å². The Morgan fingerprint density at radius 1 is 1.10 bits per heavy atom. The number of aromatic nitrogens is 2. The number of carbonyl (C=O) groups excluding carboxylic acids is 2. The van der Waals surface area contributed by atoms with Crippen LogP contribution < -0.4 is 4.84 Å². The molecule has 2 fully saturated rings. The van der Waals surface area contributed by atoms with Crippen LogP contribution in [-0.2, 0) is 23.8 Å². The third kappa shape index (κ3) is 8.22. The molecule has 0 radical (unpaired) electrons. The van der Waals surface area contributed by atoms with E-state index in [2.05, 4.69) is 15.2 Å². The van der Waals surface area contributed by atoms with Crippen molar-refractivity contribution < 1.29 is 38.9 Å². The second kappa shape index (κ2) is 15.4. The summed E-state index contributed by atoms with van der Waals surface area (Å²) in [6, 6.07) is 9.12. The van der Waals surface area contributed by atoms with E-state index in [1.54, 1.807) is 36.9 Å². The number of fused-ring (bicyclic) bond motifs is 5. The van der Waals surface area contributed by atoms with Crippen LogP contribution in [0.15, 0.2) is 52.9 Å². The summed E-state index contributed by atoms with van der Waals surface area (Å²) in [6.07, 6.45) is 1.21. The third-order valence-electron chi connectivity index (χ3n) is 10.3. The molecule has 4 rings (SSSR count). The summed E-state index contributed by atoms with van der Waals surface area (Å²) in [6.45, 7) is 16.0. The van der Waals surface area contributed by atoms with Gasteiger partial charge in [0.2, 0.25) is 5.91 Å². The Balaban J connectivity index is 1.83. The summed E-state index contributed by atoms with van der Waals surface area (Å²) in [5.41, 5.74) is -0.800. The van der Waals surface area contributed by atoms with Crippen LogP contribution >= 0.6 is 0 Å². The van der Waals surface area contributed by atoms with Crippen molar-refractivity contribution in [2.24, 2.45) is 39.7 Å². The Hall–Kier alpha value is -3.45. The fourth-order valence-electron chi connectivity index (χ4n) is 7.13. The molecule has 12 heteroatoms. The number of amides is 1. The molecule has 264 valence electrons. The minimum Gasteiger partial charge on any atom is -0.459 e. The Morgan fingerprint density at radius 3 is 2.40 bits per heavy atom. The first kappa shape index (κ1) is 37.4. The number of esters is 1. The summed E-state index contributed by atoms with van der Waals surface area (Å²) in [5.74, 6) is -2.91. The Labute approximate surface area is 283 Å². The van der Waals surface area contributed by atoms with Crippen LogP contribution in [0.25, 0.3) is 5.69 Å². The van der Waals surface area contributed by atoms with Crippen LogP contribution in [-0.4, -0.2) is 86.0 Å². The summed E-state index contributed by atoms with van der Waals surface area (Å²) in [5, 5.41) is 32.4. The van der Waals surface area contributed by atoms with Crippen molar-refractivity contribution in [1.29, 1.82) is 0 Å². The lowest BCUT2D eigenvalue weighted by atomic mass is 9.70. The zero-order valence-electron chi connectivity index (χ0n) is 29.6. The zero-order chi connectivity index (χ0) is 35.4. The van der Waals surface area contributed by atoms with Crippen LogP contribution in [0.5, 0.6) is 5.75 Å². The highest BCUT2D eigenvalue weighted by Crippen LogP contribution is 2.40. The van der Waals surface area contributed by atoms with Gasteiger partial charge >= 0.3 is 5.97 Å². The van der Waals surface area contributed by atoms with Crippen LogP contribution in [0.1, 0.15) is 75.2 Å². The van der Waals surface area contributed by atoms with Crippen LogP contribution in [0.4, 0.5) is 0 Å². The van der Waals surface area contributed by atoms with Gasteiger partial charge in [0.05, 0.1) is 42.6 Å². The average Bonchev–Trinajstić information content (AvgIpc) is 3.59. The number of hydrogen-bond donors (Lipinski definition) is 2. The molecule has 0 saturated carbocycles. The molecule has 48 heavy (non-hydrogen) atoms. The molecular formula is C36H52N4O8. The lowest BCUT2D eigenvalue weighted by molar-refractivity contribution is -0.195. The molecule has 2 aromatic rings. The topological polar surface area (TPSA) is 154 Å². The average molecular weight is 669 g/mol. The number of hydrogen-bond acceptors (Lipinski definition) is 10. The number of nitrogens with zero attached hydrogens (tertiary/aromatic N) is 4. The van der Waals surface area contributed by atoms with Crippen molar-refractivity contribution in [3.8, 4) is 11.4 Å². The van der Waals surface area contributed by atoms with Crippen molar-refractivity contribution >= 4 is 23.3 Å². The highest BCUT2D eigenvalue weighted by atomic mass is 16.6. The standard InChI is InChI=1S/C36H52N4O8/c1-10-30-36(9,44)33-23(4)31(38-26(7)41)21(2)18-35(8,25(6)22(3)32(42)24(5)34(43)47-30)46-20-27(19-45-33)39-48-29-14-12-28(13-15-29)40-17-11-16-37-40/h11-17,21-25,30,32-33,42,44H,10,18-20H2,1-9H3/b38-31+,39-27+/t21-,22-,23?,24?,25-,30-,32+,33?,35-,36-/m1/s1. The quantitative estimate of drug-likeness (QED) is 0.346. The van der Waals surface area contributed by atoms with Gasteiger partial charge < -0.3 is 29.3 Å². The summed E-state index contributed by atoms with van der Waals surface area (Å²) < 4.78 is 20.9. The third-order valence-corrected chi connectivity index (χ3v) is 10.3. The molecule has 2 aliphatic rings. The first-order chi connectivity index (χ1) is 22.6. The number of aliphatic hydroxyl groups is 2. The van der Waals surface area contributed by atoms with E-state index < -0.39 is 53.2 Å². The number of rotatable bonds is 4.